The van der Waals surface area contributed by atoms with Gasteiger partial charge >= 0.3 is 0 Å². The van der Waals surface area contributed by atoms with E-state index in [1.54, 1.807) is 0 Å². The first-order valence-corrected chi connectivity index (χ1v) is 8.18. The summed E-state index contributed by atoms with van der Waals surface area (Å²) < 4.78 is 12.7. The van der Waals surface area contributed by atoms with Crippen molar-refractivity contribution < 1.29 is 9.47 Å². The van der Waals surface area contributed by atoms with Gasteiger partial charge in [-0.05, 0) is 54.3 Å². The predicted octanol–water partition coefficient (Wildman–Crippen LogP) is 3.90. The van der Waals surface area contributed by atoms with Crippen molar-refractivity contribution in [2.75, 3.05) is 0 Å². The lowest BCUT2D eigenvalue weighted by atomic mass is 9.96. The minimum atomic E-state index is 0.281. The van der Waals surface area contributed by atoms with Crippen molar-refractivity contribution in [1.29, 1.82) is 0 Å². The lowest BCUT2D eigenvalue weighted by Gasteiger charge is -2.27. The Kier molecular flexibility index (Phi) is 4.57. The maximum absolute atomic E-state index is 6.00. The topological polar surface area (TPSA) is 44.2 Å². The van der Waals surface area contributed by atoms with Crippen molar-refractivity contribution in [3.05, 3.63) is 45.4 Å². The molecule has 0 saturated heterocycles. The number of aromatic nitrogens is 2. The minimum Gasteiger partial charge on any atom is -0.483 e. The molecule has 0 atom stereocenters. The van der Waals surface area contributed by atoms with Crippen LogP contribution in [0.2, 0.25) is 0 Å². The van der Waals surface area contributed by atoms with Crippen molar-refractivity contribution in [2.24, 2.45) is 0 Å². The molecule has 0 unspecified atom stereocenters. The zero-order chi connectivity index (χ0) is 14.7. The molecule has 0 radical (unpaired) electrons. The van der Waals surface area contributed by atoms with E-state index < -0.39 is 0 Å². The third kappa shape index (κ3) is 3.64. The van der Waals surface area contributed by atoms with Gasteiger partial charge in [0.2, 0.25) is 5.75 Å². The normalized spacial score (nSPS) is 14.6. The summed E-state index contributed by atoms with van der Waals surface area (Å²) in [4.78, 5) is 8.77. The molecule has 1 heterocycles. The molecule has 3 rings (SSSR count). The summed E-state index contributed by atoms with van der Waals surface area (Å²) in [6, 6.07) is 10.1. The van der Waals surface area contributed by atoms with Crippen LogP contribution in [0.4, 0.5) is 0 Å². The van der Waals surface area contributed by atoms with Gasteiger partial charge in [-0.1, -0.05) is 30.3 Å². The van der Waals surface area contributed by atoms with E-state index >= 15 is 0 Å². The van der Waals surface area contributed by atoms with Crippen LogP contribution in [0.3, 0.4) is 0 Å². The van der Waals surface area contributed by atoms with E-state index in [9.17, 15) is 0 Å². The molecule has 1 aromatic heterocycles. The number of halogens is 1. The summed E-state index contributed by atoms with van der Waals surface area (Å²) in [7, 11) is 0. The number of hydrogen-bond donors (Lipinski definition) is 0. The zero-order valence-electron chi connectivity index (χ0n) is 11.9. The van der Waals surface area contributed by atoms with Crippen LogP contribution in [0.1, 0.15) is 30.7 Å². The van der Waals surface area contributed by atoms with E-state index in [0.717, 1.165) is 22.1 Å². The molecular weight excluding hydrogens is 379 g/mol. The van der Waals surface area contributed by atoms with Gasteiger partial charge in [-0.15, -0.1) is 0 Å². The second-order valence-electron chi connectivity index (χ2n) is 5.14. The van der Waals surface area contributed by atoms with Gasteiger partial charge in [0, 0.05) is 0 Å². The van der Waals surface area contributed by atoms with Crippen molar-refractivity contribution in [3.63, 3.8) is 0 Å². The van der Waals surface area contributed by atoms with Crippen LogP contribution in [0.15, 0.2) is 30.3 Å². The van der Waals surface area contributed by atoms with Crippen molar-refractivity contribution in [1.82, 2.24) is 9.97 Å². The molecule has 2 aromatic rings. The molecule has 1 saturated carbocycles. The fourth-order valence-corrected chi connectivity index (χ4v) is 2.79. The Hall–Kier alpha value is -1.37. The smallest absolute Gasteiger partial charge is 0.261 e. The fourth-order valence-electron chi connectivity index (χ4n) is 2.08. The fraction of sp³-hybridized carbons (Fsp3) is 0.375. The van der Waals surface area contributed by atoms with Crippen LogP contribution < -0.4 is 9.47 Å². The molecule has 0 N–H and O–H groups in total. The monoisotopic (exact) mass is 396 g/mol. The van der Waals surface area contributed by atoms with Gasteiger partial charge in [0.05, 0.1) is 6.10 Å². The van der Waals surface area contributed by atoms with Crippen LogP contribution in [-0.2, 0) is 6.61 Å². The average molecular weight is 396 g/mol. The highest BCUT2D eigenvalue weighted by Gasteiger charge is 2.24. The standard InChI is InChI=1S/C16H17IN2O2/c1-11-18-15(17)14(21-13-8-5-9-13)16(19-11)20-10-12-6-3-2-4-7-12/h2-4,6-7,13H,5,8-10H2,1H3. The van der Waals surface area contributed by atoms with Crippen LogP contribution in [0, 0.1) is 10.6 Å². The zero-order valence-corrected chi connectivity index (χ0v) is 14.0. The molecule has 21 heavy (non-hydrogen) atoms. The first-order chi connectivity index (χ1) is 10.2. The Morgan fingerprint density at radius 2 is 1.95 bits per heavy atom. The first-order valence-electron chi connectivity index (χ1n) is 7.10. The summed E-state index contributed by atoms with van der Waals surface area (Å²) in [5, 5.41) is 0. The molecular formula is C16H17IN2O2. The van der Waals surface area contributed by atoms with Crippen LogP contribution in [-0.4, -0.2) is 16.1 Å². The summed E-state index contributed by atoms with van der Waals surface area (Å²) in [5.41, 5.74) is 1.11. The number of aryl methyl sites for hydroxylation is 1. The molecule has 110 valence electrons. The Bertz CT molecular complexity index is 615. The summed E-state index contributed by atoms with van der Waals surface area (Å²) >= 11 is 2.18. The number of hydrogen-bond acceptors (Lipinski definition) is 4. The second kappa shape index (κ2) is 6.60. The van der Waals surface area contributed by atoms with E-state index in [0.29, 0.717) is 24.1 Å². The highest BCUT2D eigenvalue weighted by molar-refractivity contribution is 14.1. The third-order valence-corrected chi connectivity index (χ3v) is 4.19. The quantitative estimate of drug-likeness (QED) is 0.568. The van der Waals surface area contributed by atoms with Crippen molar-refractivity contribution in [3.8, 4) is 11.6 Å². The summed E-state index contributed by atoms with van der Waals surface area (Å²) in [6.45, 7) is 2.35. The van der Waals surface area contributed by atoms with Gasteiger partial charge in [-0.3, -0.25) is 0 Å². The maximum Gasteiger partial charge on any atom is 0.261 e. The van der Waals surface area contributed by atoms with Crippen LogP contribution in [0.5, 0.6) is 11.6 Å². The number of benzene rings is 1. The van der Waals surface area contributed by atoms with E-state index in [1.165, 1.54) is 6.42 Å². The molecule has 4 nitrogen and oxygen atoms in total. The minimum absolute atomic E-state index is 0.281. The van der Waals surface area contributed by atoms with Crippen molar-refractivity contribution >= 4 is 22.6 Å². The molecule has 1 fully saturated rings. The predicted molar refractivity (Wildman–Crippen MR) is 88.5 cm³/mol. The molecule has 0 aliphatic heterocycles. The number of rotatable bonds is 5. The Morgan fingerprint density at radius 1 is 1.19 bits per heavy atom. The van der Waals surface area contributed by atoms with Crippen LogP contribution in [0.25, 0.3) is 0 Å². The molecule has 0 bridgehead atoms. The molecule has 1 aliphatic carbocycles. The third-order valence-electron chi connectivity index (χ3n) is 3.46. The van der Waals surface area contributed by atoms with Gasteiger partial charge in [-0.2, -0.15) is 4.98 Å². The maximum atomic E-state index is 6.00. The van der Waals surface area contributed by atoms with Gasteiger partial charge in [0.1, 0.15) is 12.4 Å². The largest absolute Gasteiger partial charge is 0.483 e. The highest BCUT2D eigenvalue weighted by Crippen LogP contribution is 2.34. The molecule has 0 amide bonds. The van der Waals surface area contributed by atoms with E-state index in [2.05, 4.69) is 32.6 Å². The summed E-state index contributed by atoms with van der Waals surface area (Å²) in [5.74, 6) is 1.92. The molecule has 0 spiro atoms. The number of ether oxygens (including phenoxy) is 2. The summed E-state index contributed by atoms with van der Waals surface area (Å²) in [6.07, 6.45) is 3.71. The van der Waals surface area contributed by atoms with Gasteiger partial charge < -0.3 is 9.47 Å². The Labute approximate surface area is 138 Å². The number of nitrogens with zero attached hydrogens (tertiary/aromatic N) is 2. The van der Waals surface area contributed by atoms with E-state index in [1.807, 2.05) is 37.3 Å². The average Bonchev–Trinajstić information content (AvgIpc) is 2.43. The second-order valence-corrected chi connectivity index (χ2v) is 6.16. The van der Waals surface area contributed by atoms with Gasteiger partial charge in [-0.25, -0.2) is 4.98 Å². The SMILES string of the molecule is Cc1nc(I)c(OC2CCC2)c(OCc2ccccc2)n1. The molecule has 1 aliphatic rings. The highest BCUT2D eigenvalue weighted by atomic mass is 127. The molecule has 1 aromatic carbocycles. The first kappa shape index (κ1) is 14.6. The lowest BCUT2D eigenvalue weighted by Crippen LogP contribution is -2.25. The van der Waals surface area contributed by atoms with Gasteiger partial charge in [0.25, 0.3) is 5.88 Å². The lowest BCUT2D eigenvalue weighted by molar-refractivity contribution is 0.110. The Balaban J connectivity index is 1.78. The van der Waals surface area contributed by atoms with Crippen molar-refractivity contribution in [2.45, 2.75) is 38.9 Å². The van der Waals surface area contributed by atoms with Crippen LogP contribution >= 0.6 is 22.6 Å². The van der Waals surface area contributed by atoms with Gasteiger partial charge in [0.15, 0.2) is 3.70 Å². The van der Waals surface area contributed by atoms with E-state index in [-0.39, 0.29) is 6.10 Å². The Morgan fingerprint density at radius 3 is 2.62 bits per heavy atom. The van der Waals surface area contributed by atoms with E-state index in [4.69, 9.17) is 9.47 Å². The molecule has 5 heteroatoms.